The SMILES string of the molecule is CC(C)N1CCN(c2ccc(-c3nc(N)c4cc(-c5c(Cl)cccc5Cl)c(=O)n(OCC5CCOCC5)c4n3)cc2)CC1. The molecule has 2 aliphatic rings. The molecule has 4 aromatic rings. The molecule has 43 heavy (non-hydrogen) atoms. The number of nitrogen functional groups attached to an aromatic ring is 1. The number of piperazine rings is 1. The Bertz CT molecular complexity index is 1640. The molecule has 2 aromatic heterocycles. The van der Waals surface area contributed by atoms with Crippen LogP contribution in [0.25, 0.3) is 33.5 Å². The molecule has 0 bridgehead atoms. The van der Waals surface area contributed by atoms with E-state index in [1.54, 1.807) is 24.3 Å². The lowest BCUT2D eigenvalue weighted by Gasteiger charge is -2.38. The highest BCUT2D eigenvalue weighted by molar-refractivity contribution is 6.39. The van der Waals surface area contributed by atoms with Crippen molar-refractivity contribution in [2.24, 2.45) is 5.92 Å². The van der Waals surface area contributed by atoms with Crippen molar-refractivity contribution >= 4 is 45.7 Å². The minimum atomic E-state index is -0.422. The number of nitrogens with two attached hydrogens (primary N) is 1. The fourth-order valence-corrected chi connectivity index (χ4v) is 6.37. The Morgan fingerprint density at radius 1 is 1.00 bits per heavy atom. The van der Waals surface area contributed by atoms with E-state index in [1.807, 2.05) is 12.1 Å². The first kappa shape index (κ1) is 29.7. The molecule has 0 radical (unpaired) electrons. The molecule has 0 atom stereocenters. The molecule has 2 saturated heterocycles. The van der Waals surface area contributed by atoms with E-state index in [9.17, 15) is 4.79 Å². The number of aromatic nitrogens is 3. The highest BCUT2D eigenvalue weighted by Crippen LogP contribution is 2.35. The number of ether oxygens (including phenoxy) is 1. The van der Waals surface area contributed by atoms with Gasteiger partial charge >= 0.3 is 0 Å². The molecule has 2 fully saturated rings. The second kappa shape index (κ2) is 12.7. The number of hydrogen-bond acceptors (Lipinski definition) is 8. The van der Waals surface area contributed by atoms with Gasteiger partial charge in [-0.2, -0.15) is 0 Å². The fourth-order valence-electron chi connectivity index (χ4n) is 5.77. The van der Waals surface area contributed by atoms with Crippen molar-refractivity contribution < 1.29 is 9.57 Å². The third-order valence-corrected chi connectivity index (χ3v) is 9.03. The highest BCUT2D eigenvalue weighted by Gasteiger charge is 2.23. The fraction of sp³-hybridized carbons (Fsp3) is 0.406. The summed E-state index contributed by atoms with van der Waals surface area (Å²) in [6.45, 7) is 10.2. The summed E-state index contributed by atoms with van der Waals surface area (Å²) in [5.41, 5.74) is 9.03. The first-order valence-electron chi connectivity index (χ1n) is 14.8. The zero-order chi connectivity index (χ0) is 30.1. The van der Waals surface area contributed by atoms with Crippen LogP contribution in [0.15, 0.2) is 53.3 Å². The van der Waals surface area contributed by atoms with Crippen molar-refractivity contribution in [2.75, 3.05) is 56.6 Å². The van der Waals surface area contributed by atoms with Crippen LogP contribution in [0.1, 0.15) is 26.7 Å². The smallest absolute Gasteiger partial charge is 0.293 e. The number of benzene rings is 2. The van der Waals surface area contributed by atoms with Crippen LogP contribution < -0.4 is 21.0 Å². The van der Waals surface area contributed by atoms with Gasteiger partial charge in [-0.15, -0.1) is 4.73 Å². The number of hydrogen-bond donors (Lipinski definition) is 1. The lowest BCUT2D eigenvalue weighted by Crippen LogP contribution is -2.48. The Labute approximate surface area is 261 Å². The van der Waals surface area contributed by atoms with E-state index in [2.05, 4.69) is 40.8 Å². The van der Waals surface area contributed by atoms with Crippen molar-refractivity contribution in [2.45, 2.75) is 32.7 Å². The minimum absolute atomic E-state index is 0.224. The minimum Gasteiger partial charge on any atom is -0.408 e. The Hall–Kier alpha value is -3.37. The Kier molecular flexibility index (Phi) is 8.77. The van der Waals surface area contributed by atoms with Gasteiger partial charge in [-0.25, -0.2) is 9.97 Å². The molecule has 4 heterocycles. The zero-order valence-electron chi connectivity index (χ0n) is 24.4. The van der Waals surface area contributed by atoms with Crippen molar-refractivity contribution in [1.82, 2.24) is 19.6 Å². The van der Waals surface area contributed by atoms with Crippen molar-refractivity contribution in [1.29, 1.82) is 0 Å². The Morgan fingerprint density at radius 3 is 2.33 bits per heavy atom. The molecule has 2 aromatic carbocycles. The number of fused-ring (bicyclic) bond motifs is 1. The van der Waals surface area contributed by atoms with E-state index in [1.165, 1.54) is 4.73 Å². The van der Waals surface area contributed by atoms with Crippen LogP contribution >= 0.6 is 23.2 Å². The molecular formula is C32H36Cl2N6O3. The lowest BCUT2D eigenvalue weighted by molar-refractivity contribution is 0.0153. The van der Waals surface area contributed by atoms with E-state index in [0.717, 1.165) is 50.3 Å². The maximum absolute atomic E-state index is 14.0. The van der Waals surface area contributed by atoms with E-state index in [0.29, 0.717) is 58.3 Å². The molecule has 6 rings (SSSR count). The molecule has 0 saturated carbocycles. The molecular weight excluding hydrogens is 587 g/mol. The van der Waals surface area contributed by atoms with Crippen LogP contribution in [0.2, 0.25) is 10.0 Å². The van der Waals surface area contributed by atoms with Gasteiger partial charge in [-0.1, -0.05) is 29.3 Å². The van der Waals surface area contributed by atoms with Crippen LogP contribution in [0.4, 0.5) is 11.5 Å². The summed E-state index contributed by atoms with van der Waals surface area (Å²) in [5.74, 6) is 0.881. The summed E-state index contributed by atoms with van der Waals surface area (Å²) in [4.78, 5) is 34.5. The van der Waals surface area contributed by atoms with E-state index < -0.39 is 5.56 Å². The maximum atomic E-state index is 14.0. The summed E-state index contributed by atoms with van der Waals surface area (Å²) in [5, 5.41) is 1.17. The molecule has 226 valence electrons. The molecule has 2 N–H and O–H groups in total. The maximum Gasteiger partial charge on any atom is 0.293 e. The van der Waals surface area contributed by atoms with Crippen LogP contribution in [0.5, 0.6) is 0 Å². The molecule has 9 nitrogen and oxygen atoms in total. The van der Waals surface area contributed by atoms with Crippen LogP contribution in [-0.2, 0) is 4.74 Å². The van der Waals surface area contributed by atoms with Crippen molar-refractivity contribution in [3.63, 3.8) is 0 Å². The largest absolute Gasteiger partial charge is 0.408 e. The second-order valence-corrected chi connectivity index (χ2v) is 12.3. The van der Waals surface area contributed by atoms with Crippen molar-refractivity contribution in [3.8, 4) is 22.5 Å². The second-order valence-electron chi connectivity index (χ2n) is 11.4. The van der Waals surface area contributed by atoms with Crippen molar-refractivity contribution in [3.05, 3.63) is 68.9 Å². The van der Waals surface area contributed by atoms with Gasteiger partial charge in [0.1, 0.15) is 12.4 Å². The highest BCUT2D eigenvalue weighted by atomic mass is 35.5. The van der Waals surface area contributed by atoms with E-state index in [4.69, 9.17) is 43.5 Å². The van der Waals surface area contributed by atoms with Gasteiger partial charge < -0.3 is 20.2 Å². The van der Waals surface area contributed by atoms with Gasteiger partial charge in [-0.3, -0.25) is 9.69 Å². The normalized spacial score (nSPS) is 16.7. The average molecular weight is 624 g/mol. The molecule has 11 heteroatoms. The standard InChI is InChI=1S/C32H36Cl2N6O3/c1-20(2)38-12-14-39(15-13-38)23-8-6-22(7-9-23)30-36-29(35)25-18-24(28-26(33)4-3-5-27(28)34)32(41)40(31(25)37-30)43-19-21-10-16-42-17-11-21/h3-9,18,20-21H,10-17,19H2,1-2H3,(H2,35,36,37). The average Bonchev–Trinajstić information content (AvgIpc) is 3.01. The quantitative estimate of drug-likeness (QED) is 0.292. The van der Waals surface area contributed by atoms with Gasteiger partial charge in [0, 0.05) is 62.2 Å². The third kappa shape index (κ3) is 6.17. The van der Waals surface area contributed by atoms with Gasteiger partial charge in [0.15, 0.2) is 11.5 Å². The summed E-state index contributed by atoms with van der Waals surface area (Å²) in [7, 11) is 0. The number of halogens is 2. The van der Waals surface area contributed by atoms with Gasteiger partial charge in [-0.05, 0) is 75.1 Å². The number of nitrogens with zero attached hydrogens (tertiary/aromatic N) is 5. The monoisotopic (exact) mass is 622 g/mol. The molecule has 2 aliphatic heterocycles. The van der Waals surface area contributed by atoms with E-state index >= 15 is 0 Å². The first-order chi connectivity index (χ1) is 20.8. The molecule has 0 spiro atoms. The Balaban J connectivity index is 1.38. The van der Waals surface area contributed by atoms with Crippen LogP contribution in [0, 0.1) is 5.92 Å². The molecule has 0 aliphatic carbocycles. The Morgan fingerprint density at radius 2 is 1.67 bits per heavy atom. The van der Waals surface area contributed by atoms with Crippen LogP contribution in [-0.4, -0.2) is 71.6 Å². The molecule has 0 unspecified atom stereocenters. The zero-order valence-corrected chi connectivity index (χ0v) is 25.9. The van der Waals surface area contributed by atoms with E-state index in [-0.39, 0.29) is 17.3 Å². The summed E-state index contributed by atoms with van der Waals surface area (Å²) >= 11 is 13.0. The predicted molar refractivity (Wildman–Crippen MR) is 173 cm³/mol. The number of anilines is 2. The van der Waals surface area contributed by atoms with Crippen LogP contribution in [0.3, 0.4) is 0 Å². The topological polar surface area (TPSA) is 98.7 Å². The predicted octanol–water partition coefficient (Wildman–Crippen LogP) is 5.40. The summed E-state index contributed by atoms with van der Waals surface area (Å²) in [6.07, 6.45) is 1.70. The van der Waals surface area contributed by atoms with Gasteiger partial charge in [0.2, 0.25) is 0 Å². The molecule has 0 amide bonds. The lowest BCUT2D eigenvalue weighted by atomic mass is 10.0. The third-order valence-electron chi connectivity index (χ3n) is 8.40. The number of pyridine rings is 1. The van der Waals surface area contributed by atoms with Gasteiger partial charge in [0.05, 0.1) is 21.0 Å². The number of rotatable bonds is 7. The first-order valence-corrected chi connectivity index (χ1v) is 15.5. The summed E-state index contributed by atoms with van der Waals surface area (Å²) in [6, 6.07) is 15.5. The summed E-state index contributed by atoms with van der Waals surface area (Å²) < 4.78 is 6.72. The van der Waals surface area contributed by atoms with Gasteiger partial charge in [0.25, 0.3) is 5.56 Å².